The minimum absolute atomic E-state index is 0.0603. The van der Waals surface area contributed by atoms with Gasteiger partial charge in [-0.15, -0.1) is 0 Å². The van der Waals surface area contributed by atoms with Crippen LogP contribution in [-0.4, -0.2) is 77.8 Å². The number of hydrogen-bond acceptors (Lipinski definition) is 7. The van der Waals surface area contributed by atoms with Gasteiger partial charge < -0.3 is 43.8 Å². The van der Waals surface area contributed by atoms with E-state index in [-0.39, 0.29) is 54.1 Å². The molecule has 0 aliphatic carbocycles. The number of nitrogens with zero attached hydrogens (tertiary/aromatic N) is 3. The van der Waals surface area contributed by atoms with E-state index in [2.05, 4.69) is 0 Å². The van der Waals surface area contributed by atoms with E-state index in [1.807, 2.05) is 0 Å². The molecular weight excluding hydrogens is 666 g/mol. The van der Waals surface area contributed by atoms with E-state index in [0.717, 1.165) is 24.4 Å². The van der Waals surface area contributed by atoms with Crippen LogP contribution in [0.15, 0.2) is 71.7 Å². The number of benzene rings is 3. The van der Waals surface area contributed by atoms with Gasteiger partial charge in [0.25, 0.3) is 0 Å². The molecule has 1 aliphatic heterocycles. The quantitative estimate of drug-likeness (QED) is 0.168. The molecule has 1 aromatic heterocycles. The summed E-state index contributed by atoms with van der Waals surface area (Å²) in [5.41, 5.74) is -0.691. The lowest BCUT2D eigenvalue weighted by atomic mass is 10.1. The standard InChI is InChI=1S/C29H27F2N3O11P2/c30-18-3-5-19(6-4-18)34-16-22(28(36)37)27(35)21-14-23(31)25(15-24(21)34)32-9-11-33(12-10-32)29(38)45-20-7-1-17(2-8-20)13-26(46(39,40)41)47(42,43)44/h1-8,14-16,26H,9-13H2,(H,36,37)(H2,39,40,41)(H2,42,43,44). The first kappa shape index (κ1) is 33.9. The molecule has 248 valence electrons. The number of aromatic nitrogens is 1. The zero-order valence-electron chi connectivity index (χ0n) is 24.1. The summed E-state index contributed by atoms with van der Waals surface area (Å²) in [6, 6.07) is 12.7. The Morgan fingerprint density at radius 2 is 1.47 bits per heavy atom. The molecule has 1 fully saturated rings. The number of rotatable bonds is 8. The van der Waals surface area contributed by atoms with Crippen LogP contribution in [-0.2, 0) is 15.6 Å². The molecule has 4 aromatic rings. The second-order valence-corrected chi connectivity index (χ2v) is 14.7. The molecule has 0 bridgehead atoms. The fourth-order valence-corrected chi connectivity index (χ4v) is 7.64. The number of piperazine rings is 1. The van der Waals surface area contributed by atoms with E-state index >= 15 is 4.39 Å². The van der Waals surface area contributed by atoms with Gasteiger partial charge in [-0.25, -0.2) is 18.4 Å². The Kier molecular flexibility index (Phi) is 9.38. The lowest BCUT2D eigenvalue weighted by Gasteiger charge is -2.35. The van der Waals surface area contributed by atoms with Crippen LogP contribution in [0.25, 0.3) is 16.6 Å². The van der Waals surface area contributed by atoms with Crippen LogP contribution in [0.4, 0.5) is 19.3 Å². The van der Waals surface area contributed by atoms with Crippen molar-refractivity contribution in [3.05, 3.63) is 99.8 Å². The van der Waals surface area contributed by atoms with E-state index in [1.54, 1.807) is 4.90 Å². The molecule has 1 saturated heterocycles. The summed E-state index contributed by atoms with van der Waals surface area (Å²) in [6.45, 7) is 0.500. The molecule has 3 aromatic carbocycles. The summed E-state index contributed by atoms with van der Waals surface area (Å²) < 4.78 is 58.8. The fourth-order valence-electron chi connectivity index (χ4n) is 5.18. The molecule has 1 amide bonds. The number of amides is 1. The molecule has 5 N–H and O–H groups in total. The first-order valence-electron chi connectivity index (χ1n) is 13.8. The van der Waals surface area contributed by atoms with E-state index in [4.69, 9.17) is 4.74 Å². The maximum absolute atomic E-state index is 15.4. The van der Waals surface area contributed by atoms with Gasteiger partial charge in [0.15, 0.2) is 5.40 Å². The highest BCUT2D eigenvalue weighted by Crippen LogP contribution is 2.60. The molecule has 1 aliphatic rings. The lowest BCUT2D eigenvalue weighted by molar-refractivity contribution is 0.0694. The fraction of sp³-hybridized carbons (Fsp3) is 0.207. The van der Waals surface area contributed by atoms with Gasteiger partial charge in [-0.1, -0.05) is 12.1 Å². The molecule has 18 heteroatoms. The van der Waals surface area contributed by atoms with Crippen molar-refractivity contribution in [2.45, 2.75) is 11.8 Å². The molecule has 2 heterocycles. The Balaban J connectivity index is 1.31. The average Bonchev–Trinajstić information content (AvgIpc) is 3.00. The number of pyridine rings is 1. The van der Waals surface area contributed by atoms with Crippen LogP contribution in [0.1, 0.15) is 15.9 Å². The molecule has 0 unspecified atom stereocenters. The van der Waals surface area contributed by atoms with Crippen molar-refractivity contribution >= 4 is 43.8 Å². The van der Waals surface area contributed by atoms with Crippen molar-refractivity contribution in [2.24, 2.45) is 0 Å². The SMILES string of the molecule is O=C(O)c1cn(-c2ccc(F)cc2)c2cc(N3CCN(C(=O)Oc4ccc(CC(P(=O)(O)O)P(=O)(O)O)cc4)CC3)c(F)cc2c1=O. The molecule has 0 atom stereocenters. The Bertz CT molecular complexity index is 1980. The van der Waals surface area contributed by atoms with Crippen LogP contribution in [0.5, 0.6) is 5.75 Å². The number of hydrogen-bond donors (Lipinski definition) is 5. The highest BCUT2D eigenvalue weighted by atomic mass is 31.2. The van der Waals surface area contributed by atoms with Crippen LogP contribution in [0.3, 0.4) is 0 Å². The second-order valence-electron chi connectivity index (χ2n) is 10.7. The van der Waals surface area contributed by atoms with E-state index in [9.17, 15) is 52.6 Å². The Morgan fingerprint density at radius 1 is 0.872 bits per heavy atom. The Morgan fingerprint density at radius 3 is 2.02 bits per heavy atom. The van der Waals surface area contributed by atoms with Gasteiger partial charge in [0.2, 0.25) is 5.43 Å². The number of fused-ring (bicyclic) bond motifs is 1. The minimum atomic E-state index is -5.12. The lowest BCUT2D eigenvalue weighted by Crippen LogP contribution is -2.49. The predicted molar refractivity (Wildman–Crippen MR) is 164 cm³/mol. The van der Waals surface area contributed by atoms with Gasteiger partial charge in [0.1, 0.15) is 22.9 Å². The molecular formula is C29H27F2N3O11P2. The van der Waals surface area contributed by atoms with Gasteiger partial charge in [-0.2, -0.15) is 0 Å². The molecule has 0 radical (unpaired) electrons. The van der Waals surface area contributed by atoms with Crippen molar-refractivity contribution < 1.29 is 56.9 Å². The largest absolute Gasteiger partial charge is 0.477 e. The Labute approximate surface area is 264 Å². The third kappa shape index (κ3) is 7.43. The van der Waals surface area contributed by atoms with Crippen LogP contribution in [0, 0.1) is 11.6 Å². The normalized spacial score (nSPS) is 14.1. The number of anilines is 1. The third-order valence-electron chi connectivity index (χ3n) is 7.61. The van der Waals surface area contributed by atoms with Crippen LogP contribution >= 0.6 is 15.2 Å². The molecule has 14 nitrogen and oxygen atoms in total. The molecule has 0 saturated carbocycles. The topological polar surface area (TPSA) is 207 Å². The van der Waals surface area contributed by atoms with Gasteiger partial charge in [0, 0.05) is 43.4 Å². The van der Waals surface area contributed by atoms with Crippen LogP contribution in [0.2, 0.25) is 0 Å². The summed E-state index contributed by atoms with van der Waals surface area (Å²) in [4.78, 5) is 77.8. The number of carbonyl (C=O) groups excluding carboxylic acids is 1. The number of ether oxygens (including phenoxy) is 1. The van der Waals surface area contributed by atoms with E-state index in [1.165, 1.54) is 51.9 Å². The van der Waals surface area contributed by atoms with E-state index in [0.29, 0.717) is 5.69 Å². The van der Waals surface area contributed by atoms with Crippen molar-refractivity contribution in [3.63, 3.8) is 0 Å². The first-order valence-corrected chi connectivity index (χ1v) is 17.2. The first-order chi connectivity index (χ1) is 22.0. The summed E-state index contributed by atoms with van der Waals surface area (Å²) >= 11 is 0. The zero-order valence-corrected chi connectivity index (χ0v) is 25.9. The van der Waals surface area contributed by atoms with Crippen molar-refractivity contribution in [1.29, 1.82) is 0 Å². The maximum atomic E-state index is 15.4. The van der Waals surface area contributed by atoms with Crippen molar-refractivity contribution in [3.8, 4) is 11.4 Å². The number of carbonyl (C=O) groups is 2. The Hall–Kier alpha value is -4.43. The predicted octanol–water partition coefficient (Wildman–Crippen LogP) is 3.51. The number of aromatic carboxylic acids is 1. The monoisotopic (exact) mass is 693 g/mol. The average molecular weight is 693 g/mol. The maximum Gasteiger partial charge on any atom is 0.415 e. The van der Waals surface area contributed by atoms with Crippen LogP contribution < -0.4 is 15.1 Å². The smallest absolute Gasteiger partial charge is 0.415 e. The van der Waals surface area contributed by atoms with E-state index < -0.39 is 61.7 Å². The summed E-state index contributed by atoms with van der Waals surface area (Å²) in [7, 11) is -10.2. The second kappa shape index (κ2) is 13.0. The van der Waals surface area contributed by atoms with Gasteiger partial charge in [0.05, 0.1) is 11.2 Å². The molecule has 5 rings (SSSR count). The minimum Gasteiger partial charge on any atom is -0.477 e. The van der Waals surface area contributed by atoms with Gasteiger partial charge >= 0.3 is 27.3 Å². The summed E-state index contributed by atoms with van der Waals surface area (Å²) in [6.07, 6.45) is -0.265. The zero-order chi connectivity index (χ0) is 34.3. The highest BCUT2D eigenvalue weighted by Gasteiger charge is 2.43. The van der Waals surface area contributed by atoms with Gasteiger partial charge in [-0.3, -0.25) is 13.9 Å². The molecule has 47 heavy (non-hydrogen) atoms. The van der Waals surface area contributed by atoms with Crippen molar-refractivity contribution in [2.75, 3.05) is 31.1 Å². The number of halogens is 2. The molecule has 0 spiro atoms. The number of carboxylic acid groups (broad SMARTS) is 1. The van der Waals surface area contributed by atoms with Gasteiger partial charge in [-0.05, 0) is 60.5 Å². The third-order valence-corrected chi connectivity index (χ3v) is 11.3. The summed E-state index contributed by atoms with van der Waals surface area (Å²) in [5.74, 6) is -2.78. The summed E-state index contributed by atoms with van der Waals surface area (Å²) in [5, 5.41) is 7.15. The number of carboxylic acids is 1. The van der Waals surface area contributed by atoms with Crippen molar-refractivity contribution in [1.82, 2.24) is 9.47 Å². The highest BCUT2D eigenvalue weighted by molar-refractivity contribution is 7.70.